The molecule has 2 aliphatic heterocycles. The first kappa shape index (κ1) is 11.4. The number of rotatable bonds is 4. The highest BCUT2D eigenvalue weighted by Gasteiger charge is 2.28. The Morgan fingerprint density at radius 1 is 1.40 bits per heavy atom. The van der Waals surface area contributed by atoms with Crippen molar-refractivity contribution in [3.8, 4) is 0 Å². The summed E-state index contributed by atoms with van der Waals surface area (Å²) in [5.74, 6) is 2.50. The molecule has 1 N–H and O–H groups in total. The van der Waals surface area contributed by atoms with Crippen molar-refractivity contribution in [2.45, 2.75) is 13.3 Å². The fourth-order valence-corrected chi connectivity index (χ4v) is 2.89. The summed E-state index contributed by atoms with van der Waals surface area (Å²) in [6.45, 7) is 9.54. The fraction of sp³-hybridized carbons (Fsp3) is 1.00. The smallest absolute Gasteiger partial charge is 0.0503 e. The molecule has 3 unspecified atom stereocenters. The van der Waals surface area contributed by atoms with E-state index >= 15 is 0 Å². The Morgan fingerprint density at radius 2 is 2.27 bits per heavy atom. The molecule has 0 saturated carbocycles. The summed E-state index contributed by atoms with van der Waals surface area (Å²) in [4.78, 5) is 2.62. The lowest BCUT2D eigenvalue weighted by molar-refractivity contribution is 0.150. The van der Waals surface area contributed by atoms with Crippen molar-refractivity contribution >= 4 is 0 Å². The van der Waals surface area contributed by atoms with Crippen molar-refractivity contribution < 1.29 is 4.74 Å². The summed E-state index contributed by atoms with van der Waals surface area (Å²) in [5.41, 5.74) is 0. The second-order valence-electron chi connectivity index (χ2n) is 5.27. The quantitative estimate of drug-likeness (QED) is 0.746. The van der Waals surface area contributed by atoms with Crippen LogP contribution in [0.25, 0.3) is 0 Å². The maximum absolute atomic E-state index is 5.23. The topological polar surface area (TPSA) is 24.5 Å². The standard InChI is InChI=1S/C12H24N2O/c1-10-5-13-6-12(10)8-14-4-3-11(7-14)9-15-2/h10-13H,3-9H2,1-2H3. The first-order valence-corrected chi connectivity index (χ1v) is 6.21. The van der Waals surface area contributed by atoms with Crippen LogP contribution in [0.3, 0.4) is 0 Å². The fourth-order valence-electron chi connectivity index (χ4n) is 2.89. The van der Waals surface area contributed by atoms with E-state index in [2.05, 4.69) is 17.1 Å². The van der Waals surface area contributed by atoms with E-state index in [0.717, 1.165) is 24.4 Å². The Bertz CT molecular complexity index is 198. The number of nitrogens with zero attached hydrogens (tertiary/aromatic N) is 1. The summed E-state index contributed by atoms with van der Waals surface area (Å²) in [5, 5.41) is 3.48. The molecule has 2 aliphatic rings. The van der Waals surface area contributed by atoms with Gasteiger partial charge in [-0.2, -0.15) is 0 Å². The van der Waals surface area contributed by atoms with Crippen LogP contribution in [0.4, 0.5) is 0 Å². The SMILES string of the molecule is COCC1CCN(CC2CNCC2C)C1. The Labute approximate surface area is 93.2 Å². The number of likely N-dealkylation sites (tertiary alicyclic amines) is 1. The largest absolute Gasteiger partial charge is 0.384 e. The van der Waals surface area contributed by atoms with Gasteiger partial charge in [-0.25, -0.2) is 0 Å². The number of ether oxygens (including phenoxy) is 1. The van der Waals surface area contributed by atoms with Gasteiger partial charge in [-0.15, -0.1) is 0 Å². The first-order chi connectivity index (χ1) is 7.29. The van der Waals surface area contributed by atoms with E-state index < -0.39 is 0 Å². The molecule has 0 aromatic heterocycles. The maximum atomic E-state index is 5.23. The van der Waals surface area contributed by atoms with Gasteiger partial charge in [0.2, 0.25) is 0 Å². The third kappa shape index (κ3) is 2.92. The molecular weight excluding hydrogens is 188 g/mol. The minimum atomic E-state index is 0.777. The van der Waals surface area contributed by atoms with Crippen LogP contribution in [0, 0.1) is 17.8 Å². The Kier molecular flexibility index (Phi) is 4.00. The van der Waals surface area contributed by atoms with Crippen molar-refractivity contribution in [1.29, 1.82) is 0 Å². The molecule has 2 fully saturated rings. The van der Waals surface area contributed by atoms with Crippen LogP contribution < -0.4 is 5.32 Å². The van der Waals surface area contributed by atoms with E-state index in [4.69, 9.17) is 4.74 Å². The van der Waals surface area contributed by atoms with E-state index in [1.54, 1.807) is 0 Å². The molecule has 88 valence electrons. The first-order valence-electron chi connectivity index (χ1n) is 6.21. The third-order valence-corrected chi connectivity index (χ3v) is 3.94. The molecule has 0 radical (unpaired) electrons. The average Bonchev–Trinajstić information content (AvgIpc) is 2.79. The number of hydrogen-bond acceptors (Lipinski definition) is 3. The monoisotopic (exact) mass is 212 g/mol. The van der Waals surface area contributed by atoms with Crippen LogP contribution >= 0.6 is 0 Å². The molecule has 2 saturated heterocycles. The molecule has 3 heteroatoms. The van der Waals surface area contributed by atoms with Crippen molar-refractivity contribution in [3.05, 3.63) is 0 Å². The zero-order chi connectivity index (χ0) is 10.7. The Hall–Kier alpha value is -0.120. The molecule has 0 spiro atoms. The Balaban J connectivity index is 1.72. The van der Waals surface area contributed by atoms with E-state index in [1.807, 2.05) is 7.11 Å². The van der Waals surface area contributed by atoms with Crippen LogP contribution in [0.1, 0.15) is 13.3 Å². The van der Waals surface area contributed by atoms with Gasteiger partial charge in [-0.1, -0.05) is 6.92 Å². The van der Waals surface area contributed by atoms with Crippen molar-refractivity contribution in [3.63, 3.8) is 0 Å². The molecule has 3 nitrogen and oxygen atoms in total. The second-order valence-corrected chi connectivity index (χ2v) is 5.27. The summed E-state index contributed by atoms with van der Waals surface area (Å²) < 4.78 is 5.23. The van der Waals surface area contributed by atoms with Gasteiger partial charge in [0.25, 0.3) is 0 Å². The lowest BCUT2D eigenvalue weighted by atomic mass is 9.98. The highest BCUT2D eigenvalue weighted by molar-refractivity contribution is 4.83. The van der Waals surface area contributed by atoms with E-state index in [1.165, 1.54) is 39.1 Å². The van der Waals surface area contributed by atoms with Crippen LogP contribution in [-0.4, -0.2) is 51.3 Å². The zero-order valence-electron chi connectivity index (χ0n) is 10.0. The molecule has 0 aliphatic carbocycles. The molecule has 3 atom stereocenters. The van der Waals surface area contributed by atoms with Gasteiger partial charge < -0.3 is 15.0 Å². The van der Waals surface area contributed by atoms with Crippen LogP contribution in [-0.2, 0) is 4.74 Å². The van der Waals surface area contributed by atoms with Gasteiger partial charge in [-0.3, -0.25) is 0 Å². The van der Waals surface area contributed by atoms with E-state index in [-0.39, 0.29) is 0 Å². The van der Waals surface area contributed by atoms with Crippen molar-refractivity contribution in [2.24, 2.45) is 17.8 Å². The average molecular weight is 212 g/mol. The molecule has 15 heavy (non-hydrogen) atoms. The van der Waals surface area contributed by atoms with Crippen molar-refractivity contribution in [1.82, 2.24) is 10.2 Å². The highest BCUT2D eigenvalue weighted by Crippen LogP contribution is 2.22. The lowest BCUT2D eigenvalue weighted by Crippen LogP contribution is -2.31. The summed E-state index contributed by atoms with van der Waals surface area (Å²) in [6, 6.07) is 0. The highest BCUT2D eigenvalue weighted by atomic mass is 16.5. The molecule has 2 rings (SSSR count). The summed E-state index contributed by atoms with van der Waals surface area (Å²) in [6.07, 6.45) is 1.32. The van der Waals surface area contributed by atoms with Crippen LogP contribution in [0.5, 0.6) is 0 Å². The van der Waals surface area contributed by atoms with Crippen molar-refractivity contribution in [2.75, 3.05) is 46.4 Å². The third-order valence-electron chi connectivity index (χ3n) is 3.94. The van der Waals surface area contributed by atoms with Gasteiger partial charge in [0, 0.05) is 20.2 Å². The molecule has 0 aromatic carbocycles. The van der Waals surface area contributed by atoms with E-state index in [9.17, 15) is 0 Å². The van der Waals surface area contributed by atoms with Gasteiger partial charge in [0.1, 0.15) is 0 Å². The predicted octanol–water partition coefficient (Wildman–Crippen LogP) is 0.810. The molecular formula is C12H24N2O. The van der Waals surface area contributed by atoms with Gasteiger partial charge in [-0.05, 0) is 43.8 Å². The summed E-state index contributed by atoms with van der Waals surface area (Å²) in [7, 11) is 1.81. The zero-order valence-corrected chi connectivity index (χ0v) is 10.0. The van der Waals surface area contributed by atoms with E-state index in [0.29, 0.717) is 0 Å². The second kappa shape index (κ2) is 5.28. The van der Waals surface area contributed by atoms with Crippen LogP contribution in [0.2, 0.25) is 0 Å². The minimum Gasteiger partial charge on any atom is -0.384 e. The van der Waals surface area contributed by atoms with Gasteiger partial charge >= 0.3 is 0 Å². The maximum Gasteiger partial charge on any atom is 0.0503 e. The predicted molar refractivity (Wildman–Crippen MR) is 61.9 cm³/mol. The Morgan fingerprint density at radius 3 is 2.93 bits per heavy atom. The molecule has 2 heterocycles. The number of methoxy groups -OCH3 is 1. The summed E-state index contributed by atoms with van der Waals surface area (Å²) >= 11 is 0. The normalized spacial score (nSPS) is 37.6. The minimum absolute atomic E-state index is 0.777. The molecule has 0 aromatic rings. The van der Waals surface area contributed by atoms with Crippen LogP contribution in [0.15, 0.2) is 0 Å². The molecule has 0 bridgehead atoms. The number of nitrogens with one attached hydrogen (secondary N) is 1. The van der Waals surface area contributed by atoms with Gasteiger partial charge in [0.15, 0.2) is 0 Å². The molecule has 0 amide bonds. The number of hydrogen-bond donors (Lipinski definition) is 1. The van der Waals surface area contributed by atoms with Gasteiger partial charge in [0.05, 0.1) is 6.61 Å². The lowest BCUT2D eigenvalue weighted by Gasteiger charge is -2.22.